The van der Waals surface area contributed by atoms with E-state index < -0.39 is 41.7 Å². The Labute approximate surface area is 196 Å². The predicted molar refractivity (Wildman–Crippen MR) is 117 cm³/mol. The van der Waals surface area contributed by atoms with Crippen molar-refractivity contribution in [3.8, 4) is 0 Å². The summed E-state index contributed by atoms with van der Waals surface area (Å²) in [5, 5.41) is 5.30. The maximum absolute atomic E-state index is 13.8. The first-order valence-electron chi connectivity index (χ1n) is 11.1. The lowest BCUT2D eigenvalue weighted by Gasteiger charge is -2.33. The number of urea groups is 1. The minimum absolute atomic E-state index is 0.0495. The number of hydrogen-bond donors (Lipinski definition) is 2. The second-order valence-corrected chi connectivity index (χ2v) is 8.48. The summed E-state index contributed by atoms with van der Waals surface area (Å²) in [6.07, 6.45) is -4.67. The van der Waals surface area contributed by atoms with Crippen LogP contribution in [0.25, 0.3) is 0 Å². The lowest BCUT2D eigenvalue weighted by atomic mass is 9.91. The topological polar surface area (TPSA) is 91.0 Å². The van der Waals surface area contributed by atoms with E-state index in [1.165, 1.54) is 35.1 Å². The highest BCUT2D eigenvalue weighted by Gasteiger charge is 2.49. The predicted octanol–water partition coefficient (Wildman–Crippen LogP) is 2.68. The Balaban J connectivity index is 2.04. The van der Waals surface area contributed by atoms with Gasteiger partial charge in [-0.1, -0.05) is 32.0 Å². The van der Waals surface area contributed by atoms with E-state index in [4.69, 9.17) is 4.74 Å². The van der Waals surface area contributed by atoms with Gasteiger partial charge in [0.2, 0.25) is 5.91 Å². The molecule has 2 aliphatic rings. The maximum atomic E-state index is 13.8. The Bertz CT molecular complexity index is 993. The lowest BCUT2D eigenvalue weighted by Crippen LogP contribution is -2.52. The van der Waals surface area contributed by atoms with Crippen molar-refractivity contribution >= 4 is 17.8 Å². The van der Waals surface area contributed by atoms with Crippen LogP contribution >= 0.6 is 0 Å². The Morgan fingerprint density at radius 3 is 2.53 bits per heavy atom. The zero-order chi connectivity index (χ0) is 25.2. The number of hydrogen-bond acceptors (Lipinski definition) is 4. The van der Waals surface area contributed by atoms with Crippen LogP contribution < -0.4 is 10.6 Å². The van der Waals surface area contributed by atoms with Crippen LogP contribution in [0, 0.1) is 5.92 Å². The van der Waals surface area contributed by atoms with Gasteiger partial charge in [0.15, 0.2) is 0 Å². The van der Waals surface area contributed by atoms with Gasteiger partial charge < -0.3 is 20.3 Å². The quantitative estimate of drug-likeness (QED) is 0.558. The van der Waals surface area contributed by atoms with E-state index in [9.17, 15) is 27.6 Å². The number of nitrogens with zero attached hydrogens (tertiary/aromatic N) is 2. The number of rotatable bonds is 8. The molecule has 11 heteroatoms. The monoisotopic (exact) mass is 482 g/mol. The van der Waals surface area contributed by atoms with Crippen molar-refractivity contribution in [2.24, 2.45) is 5.92 Å². The molecule has 34 heavy (non-hydrogen) atoms. The molecule has 2 atom stereocenters. The highest BCUT2D eigenvalue weighted by molar-refractivity contribution is 6.03. The number of methoxy groups -OCH3 is 1. The van der Waals surface area contributed by atoms with Crippen molar-refractivity contribution in [3.63, 3.8) is 0 Å². The first-order chi connectivity index (χ1) is 16.0. The number of halogens is 3. The van der Waals surface area contributed by atoms with E-state index >= 15 is 0 Å². The van der Waals surface area contributed by atoms with Gasteiger partial charge in [-0.3, -0.25) is 14.5 Å². The molecular formula is C23H29F3N4O4. The molecule has 186 valence electrons. The normalized spacial score (nSPS) is 19.5. The Hall–Kier alpha value is -3.08. The molecule has 0 aliphatic carbocycles. The van der Waals surface area contributed by atoms with Gasteiger partial charge in [0.1, 0.15) is 6.04 Å². The summed E-state index contributed by atoms with van der Waals surface area (Å²) < 4.78 is 46.2. The zero-order valence-corrected chi connectivity index (χ0v) is 19.5. The van der Waals surface area contributed by atoms with Crippen LogP contribution in [-0.2, 0) is 20.5 Å². The first-order valence-corrected chi connectivity index (χ1v) is 11.1. The van der Waals surface area contributed by atoms with Crippen molar-refractivity contribution in [1.82, 2.24) is 20.4 Å². The molecule has 0 saturated carbocycles. The van der Waals surface area contributed by atoms with Crippen molar-refractivity contribution in [3.05, 3.63) is 46.7 Å². The molecule has 2 aliphatic heterocycles. The first kappa shape index (κ1) is 25.5. The third kappa shape index (κ3) is 4.75. The largest absolute Gasteiger partial charge is 0.416 e. The fraction of sp³-hybridized carbons (Fsp3) is 0.522. The van der Waals surface area contributed by atoms with Crippen molar-refractivity contribution in [2.45, 2.75) is 39.0 Å². The number of carbonyl (C=O) groups excluding carboxylic acids is 3. The molecule has 1 aromatic rings. The molecule has 4 amide bonds. The van der Waals surface area contributed by atoms with Gasteiger partial charge in [0, 0.05) is 20.2 Å². The van der Waals surface area contributed by atoms with Crippen LogP contribution in [-0.4, -0.2) is 67.0 Å². The van der Waals surface area contributed by atoms with E-state index in [0.29, 0.717) is 5.70 Å². The summed E-state index contributed by atoms with van der Waals surface area (Å²) in [5.41, 5.74) is -0.782. The van der Waals surface area contributed by atoms with Crippen molar-refractivity contribution in [2.75, 3.05) is 33.4 Å². The molecule has 0 bridgehead atoms. The summed E-state index contributed by atoms with van der Waals surface area (Å²) in [4.78, 5) is 42.0. The van der Waals surface area contributed by atoms with Gasteiger partial charge in [-0.25, -0.2) is 4.79 Å². The molecule has 2 N–H and O–H groups in total. The summed E-state index contributed by atoms with van der Waals surface area (Å²) in [6, 6.07) is 2.11. The average Bonchev–Trinajstić information content (AvgIpc) is 3.09. The number of carbonyl (C=O) groups is 3. The molecular weight excluding hydrogens is 453 g/mol. The summed E-state index contributed by atoms with van der Waals surface area (Å²) in [7, 11) is 1.50. The Morgan fingerprint density at radius 2 is 1.94 bits per heavy atom. The minimum atomic E-state index is -4.67. The van der Waals surface area contributed by atoms with Crippen LogP contribution in [0.4, 0.5) is 18.0 Å². The Kier molecular flexibility index (Phi) is 7.54. The second-order valence-electron chi connectivity index (χ2n) is 8.48. The van der Waals surface area contributed by atoms with Crippen LogP contribution in [0.1, 0.15) is 37.9 Å². The standard InChI is InChI=1S/C23H29F3N4O4/c1-5-29-16-12-30(19(13(2)3)20(31)27-10-11-34-4)21(32)17(16)18(28-22(29)33)14-8-6-7-9-15(14)23(24,25)26/h6-9,13,18-19H,5,10-12H2,1-4H3,(H,27,31)(H,28,33)/t18-,19-/m1/s1. The van der Waals surface area contributed by atoms with Gasteiger partial charge in [-0.05, 0) is 24.5 Å². The maximum Gasteiger partial charge on any atom is 0.416 e. The molecule has 8 nitrogen and oxygen atoms in total. The number of nitrogens with one attached hydrogen (secondary N) is 2. The number of benzene rings is 1. The summed E-state index contributed by atoms with van der Waals surface area (Å²) in [5.74, 6) is -1.25. The minimum Gasteiger partial charge on any atom is -0.383 e. The molecule has 0 unspecified atom stereocenters. The Morgan fingerprint density at radius 1 is 1.26 bits per heavy atom. The third-order valence-corrected chi connectivity index (χ3v) is 5.98. The van der Waals surface area contributed by atoms with Crippen LogP contribution in [0.5, 0.6) is 0 Å². The van der Waals surface area contributed by atoms with E-state index in [1.54, 1.807) is 20.8 Å². The van der Waals surface area contributed by atoms with E-state index in [2.05, 4.69) is 10.6 Å². The van der Waals surface area contributed by atoms with E-state index in [0.717, 1.165) is 6.07 Å². The fourth-order valence-electron chi connectivity index (χ4n) is 4.50. The van der Waals surface area contributed by atoms with Gasteiger partial charge in [0.05, 0.1) is 36.0 Å². The van der Waals surface area contributed by atoms with Crippen LogP contribution in [0.15, 0.2) is 35.5 Å². The SMILES string of the molecule is CCN1C(=O)N[C@H](c2ccccc2C(F)(F)F)C2=C1CN([C@@H](C(=O)NCCOC)C(C)C)C2=O. The summed E-state index contributed by atoms with van der Waals surface area (Å²) >= 11 is 0. The second kappa shape index (κ2) is 10.0. The molecule has 0 saturated heterocycles. The number of amides is 4. The third-order valence-electron chi connectivity index (χ3n) is 5.98. The van der Waals surface area contributed by atoms with Gasteiger partial charge in [-0.15, -0.1) is 0 Å². The van der Waals surface area contributed by atoms with Crippen molar-refractivity contribution < 1.29 is 32.3 Å². The van der Waals surface area contributed by atoms with E-state index in [1.807, 2.05) is 0 Å². The lowest BCUT2D eigenvalue weighted by molar-refractivity contribution is -0.139. The molecule has 0 fully saturated rings. The number of alkyl halides is 3. The molecule has 2 heterocycles. The zero-order valence-electron chi connectivity index (χ0n) is 19.5. The number of likely N-dealkylation sites (N-methyl/N-ethyl adjacent to an activating group) is 1. The average molecular weight is 483 g/mol. The highest BCUT2D eigenvalue weighted by Crippen LogP contribution is 2.42. The fourth-order valence-corrected chi connectivity index (χ4v) is 4.50. The number of ether oxygens (including phenoxy) is 1. The van der Waals surface area contributed by atoms with Crippen molar-refractivity contribution in [1.29, 1.82) is 0 Å². The van der Waals surface area contributed by atoms with Crippen LogP contribution in [0.3, 0.4) is 0 Å². The molecule has 0 aromatic heterocycles. The molecule has 0 spiro atoms. The molecule has 1 aromatic carbocycles. The molecule has 3 rings (SSSR count). The highest BCUT2D eigenvalue weighted by atomic mass is 19.4. The van der Waals surface area contributed by atoms with Crippen LogP contribution in [0.2, 0.25) is 0 Å². The molecule has 0 radical (unpaired) electrons. The van der Waals surface area contributed by atoms with E-state index in [-0.39, 0.29) is 43.3 Å². The van der Waals surface area contributed by atoms with Gasteiger partial charge >= 0.3 is 12.2 Å². The smallest absolute Gasteiger partial charge is 0.383 e. The summed E-state index contributed by atoms with van der Waals surface area (Å²) in [6.45, 7) is 5.96. The van der Waals surface area contributed by atoms with Gasteiger partial charge in [0.25, 0.3) is 5.91 Å². The van der Waals surface area contributed by atoms with Gasteiger partial charge in [-0.2, -0.15) is 13.2 Å².